The molecule has 0 spiro atoms. The van der Waals surface area contributed by atoms with Crippen LogP contribution in [0.25, 0.3) is 11.4 Å². The van der Waals surface area contributed by atoms with Gasteiger partial charge in [-0.3, -0.25) is 9.78 Å². The molecule has 2 aromatic rings. The Labute approximate surface area is 85.8 Å². The number of hydrogen-bond donors (Lipinski definition) is 1. The van der Waals surface area contributed by atoms with Crippen LogP contribution in [0, 0.1) is 0 Å². The van der Waals surface area contributed by atoms with E-state index in [2.05, 4.69) is 15.2 Å². The van der Waals surface area contributed by atoms with Gasteiger partial charge >= 0.3 is 0 Å². The largest absolute Gasteiger partial charge is 0.494 e. The zero-order chi connectivity index (χ0) is 10.7. The van der Waals surface area contributed by atoms with Gasteiger partial charge in [-0.1, -0.05) is 0 Å². The molecule has 76 valence electrons. The number of hydrogen-bond acceptors (Lipinski definition) is 4. The third kappa shape index (κ3) is 1.85. The van der Waals surface area contributed by atoms with Gasteiger partial charge in [0.1, 0.15) is 17.1 Å². The monoisotopic (exact) mass is 203 g/mol. The zero-order valence-electron chi connectivity index (χ0n) is 8.10. The second-order valence-corrected chi connectivity index (χ2v) is 2.86. The third-order valence-electron chi connectivity index (χ3n) is 1.91. The number of pyridine rings is 1. The average Bonchev–Trinajstić information content (AvgIpc) is 2.30. The van der Waals surface area contributed by atoms with Gasteiger partial charge in [-0.15, -0.1) is 0 Å². The summed E-state index contributed by atoms with van der Waals surface area (Å²) in [5.74, 6) is 0.622. The molecular formula is C10H9N3O2. The minimum Gasteiger partial charge on any atom is -0.494 e. The Morgan fingerprint density at radius 3 is 2.87 bits per heavy atom. The highest BCUT2D eigenvalue weighted by Gasteiger charge is 2.07. The van der Waals surface area contributed by atoms with Crippen LogP contribution in [-0.2, 0) is 0 Å². The molecule has 0 saturated carbocycles. The summed E-state index contributed by atoms with van der Waals surface area (Å²) < 4.78 is 5.14. The summed E-state index contributed by atoms with van der Waals surface area (Å²) in [4.78, 5) is 15.0. The molecule has 1 N–H and O–H groups in total. The Kier molecular flexibility index (Phi) is 2.45. The smallest absolute Gasteiger partial charge is 0.264 e. The molecule has 0 aliphatic carbocycles. The number of aromatic nitrogens is 3. The number of rotatable bonds is 2. The molecule has 5 nitrogen and oxygen atoms in total. The summed E-state index contributed by atoms with van der Waals surface area (Å²) in [5.41, 5.74) is 0.942. The molecular weight excluding hydrogens is 194 g/mol. The van der Waals surface area contributed by atoms with E-state index in [1.54, 1.807) is 31.5 Å². The molecule has 0 bridgehead atoms. The molecule has 0 saturated heterocycles. The third-order valence-corrected chi connectivity index (χ3v) is 1.91. The minimum atomic E-state index is -0.242. The molecule has 0 atom stereocenters. The van der Waals surface area contributed by atoms with Crippen molar-refractivity contribution in [1.82, 2.24) is 15.2 Å². The Bertz CT molecular complexity index is 502. The summed E-state index contributed by atoms with van der Waals surface area (Å²) in [6.45, 7) is 0. The molecule has 15 heavy (non-hydrogen) atoms. The van der Waals surface area contributed by atoms with Gasteiger partial charge in [-0.2, -0.15) is 5.10 Å². The van der Waals surface area contributed by atoms with Crippen molar-refractivity contribution in [2.45, 2.75) is 0 Å². The van der Waals surface area contributed by atoms with Crippen LogP contribution in [0.1, 0.15) is 0 Å². The van der Waals surface area contributed by atoms with E-state index < -0.39 is 0 Å². The lowest BCUT2D eigenvalue weighted by Crippen LogP contribution is -2.06. The lowest BCUT2D eigenvalue weighted by Gasteiger charge is -2.04. The summed E-state index contributed by atoms with van der Waals surface area (Å²) in [6, 6.07) is 6.56. The molecule has 0 amide bonds. The second kappa shape index (κ2) is 3.91. The number of methoxy groups -OCH3 is 1. The Hall–Kier alpha value is -2.17. The van der Waals surface area contributed by atoms with Crippen LogP contribution in [0.4, 0.5) is 0 Å². The van der Waals surface area contributed by atoms with E-state index >= 15 is 0 Å². The zero-order valence-corrected chi connectivity index (χ0v) is 8.10. The van der Waals surface area contributed by atoms with Gasteiger partial charge in [0.05, 0.1) is 7.11 Å². The first-order valence-corrected chi connectivity index (χ1v) is 4.36. The first-order valence-electron chi connectivity index (χ1n) is 4.36. The predicted octanol–water partition coefficient (Wildman–Crippen LogP) is 0.840. The van der Waals surface area contributed by atoms with Gasteiger partial charge in [-0.05, 0) is 18.2 Å². The van der Waals surface area contributed by atoms with Gasteiger partial charge in [-0.25, -0.2) is 5.10 Å². The van der Waals surface area contributed by atoms with Crippen LogP contribution in [0.5, 0.6) is 5.75 Å². The number of aromatic amines is 1. The highest BCUT2D eigenvalue weighted by atomic mass is 16.5. The van der Waals surface area contributed by atoms with Crippen molar-refractivity contribution in [3.8, 4) is 17.1 Å². The van der Waals surface area contributed by atoms with Crippen molar-refractivity contribution in [3.63, 3.8) is 0 Å². The van der Waals surface area contributed by atoms with E-state index in [0.29, 0.717) is 17.1 Å². The van der Waals surface area contributed by atoms with Crippen molar-refractivity contribution in [3.05, 3.63) is 40.8 Å². The van der Waals surface area contributed by atoms with Crippen LogP contribution in [0.3, 0.4) is 0 Å². The Morgan fingerprint density at radius 2 is 2.20 bits per heavy atom. The van der Waals surface area contributed by atoms with Gasteiger partial charge in [0.25, 0.3) is 5.56 Å². The molecule has 2 rings (SSSR count). The van der Waals surface area contributed by atoms with Crippen LogP contribution in [0.2, 0.25) is 0 Å². The fraction of sp³-hybridized carbons (Fsp3) is 0.100. The van der Waals surface area contributed by atoms with E-state index in [9.17, 15) is 4.79 Å². The maximum atomic E-state index is 10.8. The normalized spacial score (nSPS) is 9.93. The van der Waals surface area contributed by atoms with Crippen LogP contribution in [-0.4, -0.2) is 22.3 Å². The minimum absolute atomic E-state index is 0.242. The van der Waals surface area contributed by atoms with Gasteiger partial charge in [0.2, 0.25) is 0 Å². The molecule has 0 aromatic carbocycles. The van der Waals surface area contributed by atoms with Crippen LogP contribution < -0.4 is 10.3 Å². The molecule has 5 heteroatoms. The van der Waals surface area contributed by atoms with E-state index in [1.807, 2.05) is 0 Å². The molecule has 0 aliphatic rings. The fourth-order valence-electron chi connectivity index (χ4n) is 1.22. The SMILES string of the molecule is COc1cccnc1-c1ccc(=O)[nH]n1. The number of H-pyrrole nitrogens is 1. The van der Waals surface area contributed by atoms with E-state index in [1.165, 1.54) is 6.07 Å². The molecule has 2 heterocycles. The number of nitrogens with one attached hydrogen (secondary N) is 1. The van der Waals surface area contributed by atoms with Crippen molar-refractivity contribution < 1.29 is 4.74 Å². The Morgan fingerprint density at radius 1 is 1.33 bits per heavy atom. The van der Waals surface area contributed by atoms with Crippen molar-refractivity contribution in [2.24, 2.45) is 0 Å². The average molecular weight is 203 g/mol. The molecule has 0 aliphatic heterocycles. The highest BCUT2D eigenvalue weighted by molar-refractivity contribution is 5.61. The predicted molar refractivity (Wildman–Crippen MR) is 54.6 cm³/mol. The molecule has 0 unspecified atom stereocenters. The summed E-state index contributed by atoms with van der Waals surface area (Å²) in [5, 5.41) is 6.23. The van der Waals surface area contributed by atoms with E-state index in [0.717, 1.165) is 0 Å². The number of ether oxygens (including phenoxy) is 1. The summed E-state index contributed by atoms with van der Waals surface area (Å²) >= 11 is 0. The first-order chi connectivity index (χ1) is 7.31. The van der Waals surface area contributed by atoms with Crippen molar-refractivity contribution >= 4 is 0 Å². The maximum absolute atomic E-state index is 10.8. The van der Waals surface area contributed by atoms with Crippen molar-refractivity contribution in [1.29, 1.82) is 0 Å². The summed E-state index contributed by atoms with van der Waals surface area (Å²) in [7, 11) is 1.56. The topological polar surface area (TPSA) is 67.9 Å². The number of nitrogens with zero attached hydrogens (tertiary/aromatic N) is 2. The standard InChI is InChI=1S/C10H9N3O2/c1-15-8-3-2-6-11-10(8)7-4-5-9(14)13-12-7/h2-6H,1H3,(H,13,14). The molecule has 0 fully saturated rings. The maximum Gasteiger partial charge on any atom is 0.264 e. The Balaban J connectivity index is 2.53. The van der Waals surface area contributed by atoms with Gasteiger partial charge < -0.3 is 4.74 Å². The first kappa shape index (κ1) is 9.39. The quantitative estimate of drug-likeness (QED) is 0.785. The molecule has 2 aromatic heterocycles. The van der Waals surface area contributed by atoms with Gasteiger partial charge in [0.15, 0.2) is 0 Å². The van der Waals surface area contributed by atoms with E-state index in [4.69, 9.17) is 4.74 Å². The van der Waals surface area contributed by atoms with Crippen LogP contribution >= 0.6 is 0 Å². The van der Waals surface area contributed by atoms with E-state index in [-0.39, 0.29) is 5.56 Å². The summed E-state index contributed by atoms with van der Waals surface area (Å²) in [6.07, 6.45) is 1.64. The molecule has 0 radical (unpaired) electrons. The highest BCUT2D eigenvalue weighted by Crippen LogP contribution is 2.23. The van der Waals surface area contributed by atoms with Crippen LogP contribution in [0.15, 0.2) is 35.3 Å². The van der Waals surface area contributed by atoms with Crippen molar-refractivity contribution in [2.75, 3.05) is 7.11 Å². The van der Waals surface area contributed by atoms with Gasteiger partial charge in [0, 0.05) is 12.3 Å². The lowest BCUT2D eigenvalue weighted by molar-refractivity contribution is 0.414. The second-order valence-electron chi connectivity index (χ2n) is 2.86. The fourth-order valence-corrected chi connectivity index (χ4v) is 1.22. The lowest BCUT2D eigenvalue weighted by atomic mass is 10.2.